The van der Waals surface area contributed by atoms with Crippen LogP contribution in [0.25, 0.3) is 0 Å². The van der Waals surface area contributed by atoms with Crippen LogP contribution in [0.1, 0.15) is 48.9 Å². The second-order valence-electron chi connectivity index (χ2n) is 4.42. The van der Waals surface area contributed by atoms with E-state index in [0.29, 0.717) is 12.2 Å². The molecule has 0 amide bonds. The molecule has 0 heterocycles. The van der Waals surface area contributed by atoms with Crippen LogP contribution >= 0.6 is 0 Å². The molecule has 1 saturated carbocycles. The molecule has 1 aromatic carbocycles. The van der Waals surface area contributed by atoms with Gasteiger partial charge in [-0.25, -0.2) is 0 Å². The van der Waals surface area contributed by atoms with Gasteiger partial charge in [-0.05, 0) is 24.0 Å². The summed E-state index contributed by atoms with van der Waals surface area (Å²) in [5.41, 5.74) is 13.4. The van der Waals surface area contributed by atoms with Gasteiger partial charge in [0.1, 0.15) is 5.78 Å². The molecular weight excluding hydrogens is 200 g/mol. The Kier molecular flexibility index (Phi) is 3.36. The van der Waals surface area contributed by atoms with E-state index in [9.17, 15) is 4.79 Å². The van der Waals surface area contributed by atoms with Gasteiger partial charge in [-0.15, -0.1) is 0 Å². The average Bonchev–Trinajstić information content (AvgIpc) is 2.29. The van der Waals surface area contributed by atoms with Gasteiger partial charge in [0.15, 0.2) is 0 Å². The van der Waals surface area contributed by atoms with E-state index in [0.717, 1.165) is 30.4 Å². The first-order valence-corrected chi connectivity index (χ1v) is 5.83. The molecule has 2 rings (SSSR count). The van der Waals surface area contributed by atoms with E-state index in [4.69, 9.17) is 11.5 Å². The molecule has 1 aliphatic rings. The number of carbonyl (C=O) groups excluding carboxylic acids is 1. The first-order valence-electron chi connectivity index (χ1n) is 5.83. The number of ketones is 1. The van der Waals surface area contributed by atoms with Crippen LogP contribution in [0.3, 0.4) is 0 Å². The summed E-state index contributed by atoms with van der Waals surface area (Å²) in [4.78, 5) is 11.9. The molecule has 3 heteroatoms. The van der Waals surface area contributed by atoms with Gasteiger partial charge in [-0.2, -0.15) is 0 Å². The third kappa shape index (κ3) is 2.15. The first kappa shape index (κ1) is 11.3. The predicted molar refractivity (Wildman–Crippen MR) is 63.8 cm³/mol. The van der Waals surface area contributed by atoms with E-state index in [1.54, 1.807) is 0 Å². The Balaban J connectivity index is 2.34. The van der Waals surface area contributed by atoms with Crippen LogP contribution in [0.15, 0.2) is 24.3 Å². The lowest BCUT2D eigenvalue weighted by Crippen LogP contribution is -2.25. The maximum atomic E-state index is 11.9. The van der Waals surface area contributed by atoms with Crippen molar-refractivity contribution in [2.45, 2.75) is 37.8 Å². The van der Waals surface area contributed by atoms with Gasteiger partial charge in [0.25, 0.3) is 0 Å². The zero-order valence-electron chi connectivity index (χ0n) is 9.36. The number of benzene rings is 1. The summed E-state index contributed by atoms with van der Waals surface area (Å²) >= 11 is 0. The van der Waals surface area contributed by atoms with Crippen molar-refractivity contribution in [1.82, 2.24) is 0 Å². The molecule has 1 atom stereocenters. The van der Waals surface area contributed by atoms with Crippen molar-refractivity contribution in [3.8, 4) is 0 Å². The summed E-state index contributed by atoms with van der Waals surface area (Å²) in [6.45, 7) is 0. The minimum absolute atomic E-state index is 0.0135. The van der Waals surface area contributed by atoms with E-state index in [2.05, 4.69) is 0 Å². The highest BCUT2D eigenvalue weighted by atomic mass is 16.1. The summed E-state index contributed by atoms with van der Waals surface area (Å²) in [7, 11) is 0. The van der Waals surface area contributed by atoms with Crippen LogP contribution in [0.5, 0.6) is 0 Å². The van der Waals surface area contributed by atoms with E-state index in [1.807, 2.05) is 24.3 Å². The topological polar surface area (TPSA) is 69.1 Å². The molecule has 1 aliphatic carbocycles. The third-order valence-electron chi connectivity index (χ3n) is 3.29. The Bertz CT molecular complexity index is 387. The number of nitrogens with two attached hydrogens (primary N) is 2. The van der Waals surface area contributed by atoms with Crippen molar-refractivity contribution in [2.75, 3.05) is 0 Å². The van der Waals surface area contributed by atoms with E-state index < -0.39 is 6.17 Å². The molecule has 0 spiro atoms. The highest BCUT2D eigenvalue weighted by Gasteiger charge is 2.26. The largest absolute Gasteiger partial charge is 0.312 e. The van der Waals surface area contributed by atoms with Crippen molar-refractivity contribution < 1.29 is 4.79 Å². The molecule has 3 nitrogen and oxygen atoms in total. The molecule has 1 aromatic rings. The van der Waals surface area contributed by atoms with E-state index in [1.165, 1.54) is 0 Å². The Hall–Kier alpha value is -1.19. The monoisotopic (exact) mass is 218 g/mol. The number of hydrogen-bond acceptors (Lipinski definition) is 3. The Morgan fingerprint density at radius 1 is 1.19 bits per heavy atom. The minimum Gasteiger partial charge on any atom is -0.312 e. The third-order valence-corrected chi connectivity index (χ3v) is 3.29. The van der Waals surface area contributed by atoms with Crippen LogP contribution < -0.4 is 11.5 Å². The van der Waals surface area contributed by atoms with Crippen molar-refractivity contribution in [3.05, 3.63) is 35.4 Å². The standard InChI is InChI=1S/C13H18N2O/c14-13(15)11-7-2-1-5-9(11)10-6-3-4-8-12(10)16/h1-2,5,7,10,13H,3-4,6,8,14-15H2. The van der Waals surface area contributed by atoms with Gasteiger partial charge >= 0.3 is 0 Å². The Morgan fingerprint density at radius 2 is 1.94 bits per heavy atom. The molecule has 0 bridgehead atoms. The first-order chi connectivity index (χ1) is 7.70. The van der Waals surface area contributed by atoms with Crippen molar-refractivity contribution in [2.24, 2.45) is 11.5 Å². The Morgan fingerprint density at radius 3 is 2.62 bits per heavy atom. The van der Waals surface area contributed by atoms with Gasteiger partial charge in [0.05, 0.1) is 6.17 Å². The van der Waals surface area contributed by atoms with E-state index >= 15 is 0 Å². The fourth-order valence-electron chi connectivity index (χ4n) is 2.44. The maximum absolute atomic E-state index is 11.9. The molecular formula is C13H18N2O. The lowest BCUT2D eigenvalue weighted by Gasteiger charge is -2.24. The molecule has 1 unspecified atom stereocenters. The molecule has 0 radical (unpaired) electrons. The fourth-order valence-corrected chi connectivity index (χ4v) is 2.44. The smallest absolute Gasteiger partial charge is 0.140 e. The number of Topliss-reactive ketones (excluding diaryl/α,β-unsaturated/α-hetero) is 1. The molecule has 0 aliphatic heterocycles. The van der Waals surface area contributed by atoms with Gasteiger partial charge < -0.3 is 11.5 Å². The van der Waals surface area contributed by atoms with Crippen LogP contribution in [-0.2, 0) is 4.79 Å². The fraction of sp³-hybridized carbons (Fsp3) is 0.462. The van der Waals surface area contributed by atoms with E-state index in [-0.39, 0.29) is 5.92 Å². The van der Waals surface area contributed by atoms with Crippen LogP contribution in [0.4, 0.5) is 0 Å². The zero-order valence-corrected chi connectivity index (χ0v) is 9.36. The summed E-state index contributed by atoms with van der Waals surface area (Å²) < 4.78 is 0. The molecule has 16 heavy (non-hydrogen) atoms. The SMILES string of the molecule is NC(N)c1ccccc1C1CCCCC1=O. The molecule has 1 fully saturated rings. The summed E-state index contributed by atoms with van der Waals surface area (Å²) in [5, 5.41) is 0. The Labute approximate surface area is 95.8 Å². The molecule has 0 saturated heterocycles. The summed E-state index contributed by atoms with van der Waals surface area (Å²) in [5.74, 6) is 0.346. The van der Waals surface area contributed by atoms with Gasteiger partial charge in [-0.3, -0.25) is 4.79 Å². The molecule has 86 valence electrons. The van der Waals surface area contributed by atoms with Crippen LogP contribution in [0, 0.1) is 0 Å². The lowest BCUT2D eigenvalue weighted by atomic mass is 9.81. The number of carbonyl (C=O) groups is 1. The average molecular weight is 218 g/mol. The highest BCUT2D eigenvalue weighted by molar-refractivity contribution is 5.86. The zero-order chi connectivity index (χ0) is 11.5. The second-order valence-corrected chi connectivity index (χ2v) is 4.42. The number of hydrogen-bond donors (Lipinski definition) is 2. The maximum Gasteiger partial charge on any atom is 0.140 e. The number of rotatable bonds is 2. The lowest BCUT2D eigenvalue weighted by molar-refractivity contribution is -0.121. The van der Waals surface area contributed by atoms with Gasteiger partial charge in [0, 0.05) is 12.3 Å². The highest BCUT2D eigenvalue weighted by Crippen LogP contribution is 2.32. The van der Waals surface area contributed by atoms with Crippen molar-refractivity contribution in [1.29, 1.82) is 0 Å². The van der Waals surface area contributed by atoms with Gasteiger partial charge in [0.2, 0.25) is 0 Å². The van der Waals surface area contributed by atoms with Gasteiger partial charge in [-0.1, -0.05) is 30.7 Å². The van der Waals surface area contributed by atoms with Crippen LogP contribution in [-0.4, -0.2) is 5.78 Å². The van der Waals surface area contributed by atoms with Crippen molar-refractivity contribution in [3.63, 3.8) is 0 Å². The van der Waals surface area contributed by atoms with Crippen molar-refractivity contribution >= 4 is 5.78 Å². The summed E-state index contributed by atoms with van der Waals surface area (Å²) in [6, 6.07) is 7.76. The minimum atomic E-state index is -0.495. The summed E-state index contributed by atoms with van der Waals surface area (Å²) in [6.07, 6.45) is 3.27. The second kappa shape index (κ2) is 4.76. The predicted octanol–water partition coefficient (Wildman–Crippen LogP) is 1.83. The normalized spacial score (nSPS) is 21.4. The molecule has 0 aromatic heterocycles. The molecule has 4 N–H and O–H groups in total. The van der Waals surface area contributed by atoms with Crippen LogP contribution in [0.2, 0.25) is 0 Å². The quantitative estimate of drug-likeness (QED) is 0.744.